The van der Waals surface area contributed by atoms with Gasteiger partial charge in [-0.15, -0.1) is 0 Å². The van der Waals surface area contributed by atoms with Crippen LogP contribution in [0.3, 0.4) is 0 Å². The van der Waals surface area contributed by atoms with Crippen LogP contribution in [0.4, 0.5) is 0 Å². The van der Waals surface area contributed by atoms with Gasteiger partial charge in [0, 0.05) is 0 Å². The highest BCUT2D eigenvalue weighted by atomic mass is 16.5. The first-order chi connectivity index (χ1) is 11.4. The highest BCUT2D eigenvalue weighted by Crippen LogP contribution is 2.28. The van der Waals surface area contributed by atoms with Crippen molar-refractivity contribution in [2.45, 2.75) is 45.3 Å². The monoisotopic (exact) mass is 328 g/mol. The molecule has 2 aromatic carbocycles. The molecule has 0 spiro atoms. The first kappa shape index (κ1) is 18.0. The molecule has 0 heterocycles. The van der Waals surface area contributed by atoms with Crippen molar-refractivity contribution in [2.24, 2.45) is 0 Å². The summed E-state index contributed by atoms with van der Waals surface area (Å²) in [4.78, 5) is 11.9. The number of carbonyl (C=O) groups excluding carboxylic acids is 1. The largest absolute Gasteiger partial charge is 0.463 e. The molecule has 2 aromatic rings. The fourth-order valence-corrected chi connectivity index (χ4v) is 2.24. The van der Waals surface area contributed by atoms with E-state index in [1.807, 2.05) is 44.2 Å². The molecule has 0 radical (unpaired) electrons. The second kappa shape index (κ2) is 7.97. The van der Waals surface area contributed by atoms with Gasteiger partial charge in [0.25, 0.3) is 0 Å². The maximum absolute atomic E-state index is 11.9. The molecule has 2 rings (SSSR count). The van der Waals surface area contributed by atoms with Gasteiger partial charge in [0.05, 0.1) is 18.1 Å². The van der Waals surface area contributed by atoms with Crippen molar-refractivity contribution in [1.82, 2.24) is 0 Å². The Morgan fingerprint density at radius 2 is 1.67 bits per heavy atom. The van der Waals surface area contributed by atoms with Crippen molar-refractivity contribution in [2.75, 3.05) is 0 Å². The van der Waals surface area contributed by atoms with Gasteiger partial charge in [-0.25, -0.2) is 0 Å². The summed E-state index contributed by atoms with van der Waals surface area (Å²) in [7, 11) is 0. The number of rotatable bonds is 7. The Labute approximate surface area is 143 Å². The number of carbonyl (C=O) groups is 1. The molecular weight excluding hydrogens is 304 g/mol. The molecular formula is C20H24O4. The average molecular weight is 328 g/mol. The Bertz CT molecular complexity index is 647. The van der Waals surface area contributed by atoms with Crippen LogP contribution in [0, 0.1) is 0 Å². The topological polar surface area (TPSA) is 55.8 Å². The van der Waals surface area contributed by atoms with Crippen molar-refractivity contribution in [3.8, 4) is 11.5 Å². The van der Waals surface area contributed by atoms with Crippen LogP contribution in [0.5, 0.6) is 11.5 Å². The molecule has 0 aliphatic heterocycles. The fraction of sp³-hybridized carbons (Fsp3) is 0.350. The smallest absolute Gasteiger partial charge is 0.309 e. The third-order valence-corrected chi connectivity index (χ3v) is 3.85. The van der Waals surface area contributed by atoms with Crippen LogP contribution in [0.15, 0.2) is 54.6 Å². The molecule has 2 unspecified atom stereocenters. The summed E-state index contributed by atoms with van der Waals surface area (Å²) in [5.74, 6) is 1.01. The molecule has 24 heavy (non-hydrogen) atoms. The number of esters is 1. The van der Waals surface area contributed by atoms with Crippen LogP contribution in [-0.4, -0.2) is 17.2 Å². The van der Waals surface area contributed by atoms with E-state index in [0.29, 0.717) is 11.3 Å². The lowest BCUT2D eigenvalue weighted by atomic mass is 9.92. The summed E-state index contributed by atoms with van der Waals surface area (Å²) >= 11 is 0. The first-order valence-electron chi connectivity index (χ1n) is 8.16. The molecule has 0 saturated heterocycles. The van der Waals surface area contributed by atoms with Gasteiger partial charge in [0.2, 0.25) is 0 Å². The van der Waals surface area contributed by atoms with Crippen LogP contribution in [-0.2, 0) is 15.1 Å². The van der Waals surface area contributed by atoms with E-state index < -0.39 is 11.6 Å². The molecule has 4 nitrogen and oxygen atoms in total. The average Bonchev–Trinajstić information content (AvgIpc) is 2.55. The van der Waals surface area contributed by atoms with Crippen LogP contribution in [0.2, 0.25) is 0 Å². The van der Waals surface area contributed by atoms with E-state index in [1.54, 1.807) is 31.2 Å². The lowest BCUT2D eigenvalue weighted by molar-refractivity contribution is -0.153. The zero-order chi connectivity index (χ0) is 17.6. The molecule has 2 atom stereocenters. The number of hydrogen-bond acceptors (Lipinski definition) is 4. The Morgan fingerprint density at radius 3 is 2.25 bits per heavy atom. The van der Waals surface area contributed by atoms with E-state index in [-0.39, 0.29) is 12.5 Å². The minimum Gasteiger partial charge on any atom is -0.463 e. The number of hydrogen-bond donors (Lipinski definition) is 1. The summed E-state index contributed by atoms with van der Waals surface area (Å²) in [5, 5.41) is 10.6. The van der Waals surface area contributed by atoms with Gasteiger partial charge < -0.3 is 14.6 Å². The summed E-state index contributed by atoms with van der Waals surface area (Å²) in [6.45, 7) is 5.39. The zero-order valence-corrected chi connectivity index (χ0v) is 14.4. The summed E-state index contributed by atoms with van der Waals surface area (Å²) in [6.07, 6.45) is 0.519. The van der Waals surface area contributed by atoms with Crippen LogP contribution < -0.4 is 4.74 Å². The highest BCUT2D eigenvalue weighted by Gasteiger charge is 2.28. The predicted octanol–water partition coefficient (Wildman–Crippen LogP) is 4.42. The number of aliphatic hydroxyl groups is 1. The van der Waals surface area contributed by atoms with E-state index in [1.165, 1.54) is 0 Å². The number of ether oxygens (including phenoxy) is 2. The lowest BCUT2D eigenvalue weighted by Gasteiger charge is -2.24. The van der Waals surface area contributed by atoms with E-state index in [4.69, 9.17) is 9.47 Å². The van der Waals surface area contributed by atoms with Gasteiger partial charge in [-0.05, 0) is 50.1 Å². The second-order valence-electron chi connectivity index (χ2n) is 6.10. The summed E-state index contributed by atoms with van der Waals surface area (Å²) in [5.41, 5.74) is -0.639. The van der Waals surface area contributed by atoms with Gasteiger partial charge >= 0.3 is 5.97 Å². The molecule has 0 aliphatic rings. The molecule has 4 heteroatoms. The van der Waals surface area contributed by atoms with Crippen LogP contribution >= 0.6 is 0 Å². The predicted molar refractivity (Wildman–Crippen MR) is 93.0 cm³/mol. The van der Waals surface area contributed by atoms with E-state index in [9.17, 15) is 9.90 Å². The normalized spacial score (nSPS) is 14.5. The Kier molecular flexibility index (Phi) is 5.99. The number of benzene rings is 2. The van der Waals surface area contributed by atoms with Crippen LogP contribution in [0.25, 0.3) is 0 Å². The van der Waals surface area contributed by atoms with Crippen molar-refractivity contribution in [3.05, 3.63) is 60.2 Å². The molecule has 128 valence electrons. The third kappa shape index (κ3) is 5.10. The quantitative estimate of drug-likeness (QED) is 0.765. The molecule has 0 bridgehead atoms. The molecule has 1 N–H and O–H groups in total. The van der Waals surface area contributed by atoms with Gasteiger partial charge in [-0.3, -0.25) is 4.79 Å². The van der Waals surface area contributed by atoms with Gasteiger partial charge in [0.1, 0.15) is 11.5 Å². The fourth-order valence-electron chi connectivity index (χ4n) is 2.24. The maximum Gasteiger partial charge on any atom is 0.309 e. The molecule has 0 saturated carbocycles. The first-order valence-corrected chi connectivity index (χ1v) is 8.16. The number of para-hydroxylation sites is 1. The minimum atomic E-state index is -1.28. The molecule has 0 aromatic heterocycles. The van der Waals surface area contributed by atoms with E-state index in [0.717, 1.165) is 12.2 Å². The third-order valence-electron chi connectivity index (χ3n) is 3.85. The zero-order valence-electron chi connectivity index (χ0n) is 14.4. The van der Waals surface area contributed by atoms with Crippen molar-refractivity contribution < 1.29 is 19.4 Å². The summed E-state index contributed by atoms with van der Waals surface area (Å²) in [6, 6.07) is 16.5. The van der Waals surface area contributed by atoms with E-state index >= 15 is 0 Å². The van der Waals surface area contributed by atoms with E-state index in [2.05, 4.69) is 0 Å². The van der Waals surface area contributed by atoms with Gasteiger partial charge in [0.15, 0.2) is 0 Å². The lowest BCUT2D eigenvalue weighted by Crippen LogP contribution is -2.27. The summed E-state index contributed by atoms with van der Waals surface area (Å²) < 4.78 is 11.0. The van der Waals surface area contributed by atoms with Crippen molar-refractivity contribution >= 4 is 5.97 Å². The highest BCUT2D eigenvalue weighted by molar-refractivity contribution is 5.71. The SMILES string of the molecule is CCC(C)OC(=O)CC(C)(O)c1ccc(Oc2ccccc2)cc1. The van der Waals surface area contributed by atoms with Crippen LogP contribution in [0.1, 0.15) is 39.2 Å². The van der Waals surface area contributed by atoms with Crippen molar-refractivity contribution in [3.63, 3.8) is 0 Å². The van der Waals surface area contributed by atoms with Gasteiger partial charge in [-0.1, -0.05) is 37.3 Å². The molecule has 0 amide bonds. The Hall–Kier alpha value is -2.33. The molecule has 0 aliphatic carbocycles. The standard InChI is InChI=1S/C20H24O4/c1-4-15(2)23-19(21)14-20(3,22)16-10-12-18(13-11-16)24-17-8-6-5-7-9-17/h5-13,15,22H,4,14H2,1-3H3. The van der Waals surface area contributed by atoms with Gasteiger partial charge in [-0.2, -0.15) is 0 Å². The Balaban J connectivity index is 2.01. The maximum atomic E-state index is 11.9. The molecule has 0 fully saturated rings. The Morgan fingerprint density at radius 1 is 1.08 bits per heavy atom. The minimum absolute atomic E-state index is 0.0871. The second-order valence-corrected chi connectivity index (χ2v) is 6.10. The van der Waals surface area contributed by atoms with Crippen molar-refractivity contribution in [1.29, 1.82) is 0 Å².